The molecule has 172 valence electrons. The van der Waals surface area contributed by atoms with Crippen LogP contribution in [0, 0.1) is 34.5 Å². The van der Waals surface area contributed by atoms with Gasteiger partial charge in [-0.25, -0.2) is 0 Å². The highest BCUT2D eigenvalue weighted by Gasteiger charge is 2.57. The van der Waals surface area contributed by atoms with Crippen LogP contribution in [0.2, 0.25) is 0 Å². The monoisotopic (exact) mass is 428 g/mol. The number of carbonyl (C=O) groups excluding carboxylic acids is 2. The van der Waals surface area contributed by atoms with E-state index in [1.807, 2.05) is 0 Å². The summed E-state index contributed by atoms with van der Waals surface area (Å²) in [5.74, 6) is 2.29. The van der Waals surface area contributed by atoms with Gasteiger partial charge in [-0.1, -0.05) is 44.1 Å². The second kappa shape index (κ2) is 8.41. The zero-order chi connectivity index (χ0) is 22.4. The fraction of sp³-hybridized carbons (Fsp3) is 0.778. The lowest BCUT2D eigenvalue weighted by atomic mass is 9.50. The SMILES string of the molecule is COC(=O)CC[C@@H](C)C1CCC2C3=CC=C4C[C@@H](OC(C)=O)CC[C@]4(C)C3CC[C@@]21C. The summed E-state index contributed by atoms with van der Waals surface area (Å²) in [4.78, 5) is 23.1. The van der Waals surface area contributed by atoms with Crippen molar-refractivity contribution in [3.8, 4) is 0 Å². The Bertz CT molecular complexity index is 795. The summed E-state index contributed by atoms with van der Waals surface area (Å²) in [5.41, 5.74) is 3.74. The molecule has 0 aromatic rings. The van der Waals surface area contributed by atoms with Crippen LogP contribution < -0.4 is 0 Å². The van der Waals surface area contributed by atoms with Gasteiger partial charge in [0.1, 0.15) is 6.10 Å². The molecule has 31 heavy (non-hydrogen) atoms. The van der Waals surface area contributed by atoms with E-state index in [1.54, 1.807) is 5.57 Å². The maximum absolute atomic E-state index is 11.7. The molecule has 4 aliphatic rings. The highest BCUT2D eigenvalue weighted by molar-refractivity contribution is 5.69. The molecule has 0 aromatic heterocycles. The van der Waals surface area contributed by atoms with E-state index in [0.29, 0.717) is 35.5 Å². The largest absolute Gasteiger partial charge is 0.469 e. The Kier molecular flexibility index (Phi) is 6.13. The summed E-state index contributed by atoms with van der Waals surface area (Å²) in [7, 11) is 1.48. The van der Waals surface area contributed by atoms with Gasteiger partial charge in [-0.15, -0.1) is 0 Å². The van der Waals surface area contributed by atoms with Crippen LogP contribution in [-0.2, 0) is 19.1 Å². The predicted molar refractivity (Wildman–Crippen MR) is 121 cm³/mol. The number of hydrogen-bond acceptors (Lipinski definition) is 4. The standard InChI is InChI=1S/C27H40O4/c1-17(6-11-25(29)30-5)22-9-10-23-21-8-7-19-16-20(31-18(2)28)12-14-26(19,3)24(21)13-15-27(22,23)4/h7-8,17,20,22-24H,6,9-16H2,1-5H3/t17-,20+,22?,23?,24?,26+,27-/m1/s1. The van der Waals surface area contributed by atoms with Gasteiger partial charge in [-0.2, -0.15) is 0 Å². The zero-order valence-corrected chi connectivity index (χ0v) is 20.0. The quantitative estimate of drug-likeness (QED) is 0.504. The van der Waals surface area contributed by atoms with Crippen LogP contribution in [0.1, 0.15) is 85.5 Å². The third kappa shape index (κ3) is 3.89. The highest BCUT2D eigenvalue weighted by atomic mass is 16.5. The maximum Gasteiger partial charge on any atom is 0.305 e. The van der Waals surface area contributed by atoms with Crippen LogP contribution in [0.4, 0.5) is 0 Å². The average molecular weight is 429 g/mol. The first-order chi connectivity index (χ1) is 14.7. The van der Waals surface area contributed by atoms with E-state index in [4.69, 9.17) is 9.47 Å². The van der Waals surface area contributed by atoms with E-state index in [-0.39, 0.29) is 23.5 Å². The number of esters is 2. The lowest BCUT2D eigenvalue weighted by Gasteiger charge is -2.55. The van der Waals surface area contributed by atoms with Gasteiger partial charge in [-0.3, -0.25) is 9.59 Å². The van der Waals surface area contributed by atoms with E-state index in [9.17, 15) is 9.59 Å². The average Bonchev–Trinajstić information content (AvgIpc) is 3.09. The smallest absolute Gasteiger partial charge is 0.305 e. The van der Waals surface area contributed by atoms with E-state index in [0.717, 1.165) is 25.7 Å². The Labute approximate surface area is 187 Å². The molecule has 0 heterocycles. The van der Waals surface area contributed by atoms with E-state index in [2.05, 4.69) is 32.9 Å². The van der Waals surface area contributed by atoms with E-state index < -0.39 is 0 Å². The number of rotatable bonds is 5. The van der Waals surface area contributed by atoms with Crippen molar-refractivity contribution in [2.24, 2.45) is 34.5 Å². The summed E-state index contributed by atoms with van der Waals surface area (Å²) < 4.78 is 10.4. The molecule has 0 N–H and O–H groups in total. The first-order valence-electron chi connectivity index (χ1n) is 12.3. The third-order valence-corrected chi connectivity index (χ3v) is 9.65. The maximum atomic E-state index is 11.7. The van der Waals surface area contributed by atoms with Crippen LogP contribution >= 0.6 is 0 Å². The molecular weight excluding hydrogens is 388 g/mol. The van der Waals surface area contributed by atoms with Crippen molar-refractivity contribution in [3.05, 3.63) is 23.3 Å². The van der Waals surface area contributed by atoms with Gasteiger partial charge in [0.05, 0.1) is 7.11 Å². The number of hydrogen-bond donors (Lipinski definition) is 0. The summed E-state index contributed by atoms with van der Waals surface area (Å²) >= 11 is 0. The first kappa shape index (κ1) is 22.6. The van der Waals surface area contributed by atoms with Crippen molar-refractivity contribution >= 4 is 11.9 Å². The number of allylic oxidation sites excluding steroid dienone is 3. The molecule has 0 radical (unpaired) electrons. The zero-order valence-electron chi connectivity index (χ0n) is 20.0. The molecule has 4 heteroatoms. The second-order valence-corrected chi connectivity index (χ2v) is 11.2. The lowest BCUT2D eigenvalue weighted by molar-refractivity contribution is -0.148. The molecule has 4 aliphatic carbocycles. The van der Waals surface area contributed by atoms with Crippen LogP contribution in [-0.4, -0.2) is 25.2 Å². The van der Waals surface area contributed by atoms with Crippen molar-refractivity contribution < 1.29 is 19.1 Å². The van der Waals surface area contributed by atoms with Crippen LogP contribution in [0.5, 0.6) is 0 Å². The summed E-state index contributed by atoms with van der Waals surface area (Å²) in [6.07, 6.45) is 14.4. The number of ether oxygens (including phenoxy) is 2. The van der Waals surface area contributed by atoms with Crippen LogP contribution in [0.3, 0.4) is 0 Å². The van der Waals surface area contributed by atoms with Gasteiger partial charge >= 0.3 is 11.9 Å². The Morgan fingerprint density at radius 3 is 2.58 bits per heavy atom. The molecule has 0 aliphatic heterocycles. The van der Waals surface area contributed by atoms with E-state index >= 15 is 0 Å². The molecule has 0 spiro atoms. The number of fused-ring (bicyclic) bond motifs is 5. The normalized spacial score (nSPS) is 39.9. The molecular formula is C27H40O4. The molecule has 0 saturated heterocycles. The van der Waals surface area contributed by atoms with Gasteiger partial charge in [0, 0.05) is 19.8 Å². The minimum absolute atomic E-state index is 0.0483. The Morgan fingerprint density at radius 1 is 1.10 bits per heavy atom. The lowest BCUT2D eigenvalue weighted by Crippen LogP contribution is -2.46. The van der Waals surface area contributed by atoms with Gasteiger partial charge in [0.2, 0.25) is 0 Å². The number of carbonyl (C=O) groups is 2. The summed E-state index contributed by atoms with van der Waals surface area (Å²) in [5, 5.41) is 0. The van der Waals surface area contributed by atoms with Crippen LogP contribution in [0.25, 0.3) is 0 Å². The minimum atomic E-state index is -0.159. The van der Waals surface area contributed by atoms with Crippen molar-refractivity contribution in [2.45, 2.75) is 91.6 Å². The molecule has 0 bridgehead atoms. The summed E-state index contributed by atoms with van der Waals surface area (Å²) in [6.45, 7) is 8.86. The topological polar surface area (TPSA) is 52.6 Å². The van der Waals surface area contributed by atoms with Crippen molar-refractivity contribution in [2.75, 3.05) is 7.11 Å². The molecule has 7 atom stereocenters. The van der Waals surface area contributed by atoms with Gasteiger partial charge in [-0.05, 0) is 79.4 Å². The predicted octanol–water partition coefficient (Wildman–Crippen LogP) is 6.01. The molecule has 3 unspecified atom stereocenters. The molecule has 3 saturated carbocycles. The Hall–Kier alpha value is -1.58. The van der Waals surface area contributed by atoms with Crippen molar-refractivity contribution in [1.82, 2.24) is 0 Å². The molecule has 4 nitrogen and oxygen atoms in total. The van der Waals surface area contributed by atoms with Gasteiger partial charge < -0.3 is 9.47 Å². The van der Waals surface area contributed by atoms with E-state index in [1.165, 1.54) is 45.3 Å². The van der Waals surface area contributed by atoms with Crippen LogP contribution in [0.15, 0.2) is 23.3 Å². The molecule has 4 rings (SSSR count). The Balaban J connectivity index is 1.53. The fourth-order valence-electron chi connectivity index (χ4n) is 7.93. The highest BCUT2D eigenvalue weighted by Crippen LogP contribution is 2.66. The van der Waals surface area contributed by atoms with Crippen molar-refractivity contribution in [1.29, 1.82) is 0 Å². The fourth-order valence-corrected chi connectivity index (χ4v) is 7.93. The molecule has 3 fully saturated rings. The first-order valence-corrected chi connectivity index (χ1v) is 12.3. The minimum Gasteiger partial charge on any atom is -0.469 e. The Morgan fingerprint density at radius 2 is 1.87 bits per heavy atom. The molecule has 0 amide bonds. The number of methoxy groups -OCH3 is 1. The molecule has 0 aromatic carbocycles. The van der Waals surface area contributed by atoms with Gasteiger partial charge in [0.15, 0.2) is 0 Å². The van der Waals surface area contributed by atoms with Crippen molar-refractivity contribution in [3.63, 3.8) is 0 Å². The summed E-state index contributed by atoms with van der Waals surface area (Å²) in [6, 6.07) is 0. The van der Waals surface area contributed by atoms with Gasteiger partial charge in [0.25, 0.3) is 0 Å². The third-order valence-electron chi connectivity index (χ3n) is 9.65. The second-order valence-electron chi connectivity index (χ2n) is 11.2.